The van der Waals surface area contributed by atoms with Crippen LogP contribution >= 0.6 is 11.8 Å². The minimum Gasteiger partial charge on any atom is -0.299 e. The smallest absolute Gasteiger partial charge is 0.137 e. The van der Waals surface area contributed by atoms with E-state index in [1.165, 1.54) is 32.1 Å². The van der Waals surface area contributed by atoms with Gasteiger partial charge in [0, 0.05) is 23.8 Å². The van der Waals surface area contributed by atoms with Gasteiger partial charge in [0.25, 0.3) is 0 Å². The average Bonchev–Trinajstić information content (AvgIpc) is 2.20. The monoisotopic (exact) mass is 214 g/mol. The molecule has 1 heterocycles. The molecule has 0 bridgehead atoms. The molecular formula is C12H22OS. The van der Waals surface area contributed by atoms with E-state index in [1.54, 1.807) is 0 Å². The number of hydrogen-bond acceptors (Lipinski definition) is 2. The van der Waals surface area contributed by atoms with E-state index in [1.807, 2.05) is 11.8 Å². The fraction of sp³-hybridized carbons (Fsp3) is 0.917. The molecule has 1 aliphatic rings. The molecule has 1 nitrogen and oxygen atoms in total. The molecule has 0 amide bonds. The maximum absolute atomic E-state index is 11.5. The Labute approximate surface area is 92.0 Å². The van der Waals surface area contributed by atoms with E-state index < -0.39 is 0 Å². The van der Waals surface area contributed by atoms with Crippen molar-refractivity contribution in [1.82, 2.24) is 0 Å². The van der Waals surface area contributed by atoms with Crippen LogP contribution in [-0.2, 0) is 4.79 Å². The zero-order valence-electron chi connectivity index (χ0n) is 9.26. The molecule has 0 aliphatic carbocycles. The van der Waals surface area contributed by atoms with E-state index in [9.17, 15) is 4.79 Å². The molecule has 0 saturated carbocycles. The Balaban J connectivity index is 2.02. The predicted molar refractivity (Wildman–Crippen MR) is 63.8 cm³/mol. The second kappa shape index (κ2) is 7.33. The van der Waals surface area contributed by atoms with E-state index >= 15 is 0 Å². The highest BCUT2D eigenvalue weighted by Gasteiger charge is 2.21. The topological polar surface area (TPSA) is 17.1 Å². The third-order valence-electron chi connectivity index (χ3n) is 2.92. The lowest BCUT2D eigenvalue weighted by Gasteiger charge is -2.19. The normalized spacial score (nSPS) is 22.6. The van der Waals surface area contributed by atoms with Crippen molar-refractivity contribution >= 4 is 17.5 Å². The standard InChI is InChI=1S/C12H22OS/c1-2-3-4-5-6-7-11-10-14-9-8-12(11)13/h11H,2-10H2,1H3. The van der Waals surface area contributed by atoms with Gasteiger partial charge >= 0.3 is 0 Å². The molecule has 0 aromatic rings. The van der Waals surface area contributed by atoms with Gasteiger partial charge in [0.2, 0.25) is 0 Å². The van der Waals surface area contributed by atoms with Crippen LogP contribution in [0.5, 0.6) is 0 Å². The summed E-state index contributed by atoms with van der Waals surface area (Å²) in [5.74, 6) is 3.08. The predicted octanol–water partition coefficient (Wildman–Crippen LogP) is 3.67. The summed E-state index contributed by atoms with van der Waals surface area (Å²) in [5, 5.41) is 0. The van der Waals surface area contributed by atoms with Crippen molar-refractivity contribution < 1.29 is 4.79 Å². The van der Waals surface area contributed by atoms with Gasteiger partial charge in [-0.25, -0.2) is 0 Å². The summed E-state index contributed by atoms with van der Waals surface area (Å²) < 4.78 is 0. The second-order valence-corrected chi connectivity index (χ2v) is 5.34. The summed E-state index contributed by atoms with van der Waals surface area (Å²) in [5.41, 5.74) is 0. The van der Waals surface area contributed by atoms with Gasteiger partial charge in [-0.1, -0.05) is 39.0 Å². The van der Waals surface area contributed by atoms with Gasteiger partial charge in [0.1, 0.15) is 5.78 Å². The Morgan fingerprint density at radius 2 is 2.07 bits per heavy atom. The average molecular weight is 214 g/mol. The van der Waals surface area contributed by atoms with Crippen LogP contribution in [0.25, 0.3) is 0 Å². The fourth-order valence-corrected chi connectivity index (χ4v) is 3.08. The van der Waals surface area contributed by atoms with Gasteiger partial charge < -0.3 is 0 Å². The van der Waals surface area contributed by atoms with E-state index in [2.05, 4.69) is 6.92 Å². The van der Waals surface area contributed by atoms with Gasteiger partial charge in [-0.2, -0.15) is 11.8 Å². The largest absolute Gasteiger partial charge is 0.299 e. The molecule has 1 atom stereocenters. The lowest BCUT2D eigenvalue weighted by atomic mass is 9.96. The maximum atomic E-state index is 11.5. The Morgan fingerprint density at radius 3 is 2.79 bits per heavy atom. The Morgan fingerprint density at radius 1 is 1.29 bits per heavy atom. The first kappa shape index (κ1) is 12.1. The third kappa shape index (κ3) is 4.50. The summed E-state index contributed by atoms with van der Waals surface area (Å²) in [7, 11) is 0. The molecule has 1 rings (SSSR count). The quantitative estimate of drug-likeness (QED) is 0.628. The Hall–Kier alpha value is 0.0200. The number of carbonyl (C=O) groups is 1. The van der Waals surface area contributed by atoms with Crippen LogP contribution in [-0.4, -0.2) is 17.3 Å². The second-order valence-electron chi connectivity index (χ2n) is 4.19. The number of ketones is 1. The SMILES string of the molecule is CCCCCCCC1CSCCC1=O. The zero-order chi connectivity index (χ0) is 10.2. The molecule has 1 fully saturated rings. The van der Waals surface area contributed by atoms with Crippen LogP contribution in [0, 0.1) is 5.92 Å². The first-order chi connectivity index (χ1) is 6.84. The number of unbranched alkanes of at least 4 members (excludes halogenated alkanes) is 4. The molecule has 14 heavy (non-hydrogen) atoms. The Kier molecular flexibility index (Phi) is 6.33. The van der Waals surface area contributed by atoms with Crippen molar-refractivity contribution in [2.24, 2.45) is 5.92 Å². The van der Waals surface area contributed by atoms with Crippen LogP contribution in [0.4, 0.5) is 0 Å². The van der Waals surface area contributed by atoms with E-state index in [0.29, 0.717) is 11.7 Å². The summed E-state index contributed by atoms with van der Waals surface area (Å²) >= 11 is 1.95. The first-order valence-electron chi connectivity index (χ1n) is 5.95. The molecule has 1 saturated heterocycles. The fourth-order valence-electron chi connectivity index (χ4n) is 1.93. The van der Waals surface area contributed by atoms with E-state index in [0.717, 1.165) is 24.3 Å². The number of Topliss-reactive ketones (excluding diaryl/α,β-unsaturated/α-hetero) is 1. The summed E-state index contributed by atoms with van der Waals surface area (Å²) in [4.78, 5) is 11.5. The van der Waals surface area contributed by atoms with Crippen molar-refractivity contribution in [3.8, 4) is 0 Å². The third-order valence-corrected chi connectivity index (χ3v) is 4.05. The number of thioether (sulfide) groups is 1. The lowest BCUT2D eigenvalue weighted by molar-refractivity contribution is -0.122. The molecule has 0 aromatic carbocycles. The van der Waals surface area contributed by atoms with Gasteiger partial charge in [-0.3, -0.25) is 4.79 Å². The molecule has 1 aliphatic heterocycles. The Bertz CT molecular complexity index is 168. The van der Waals surface area contributed by atoms with Gasteiger partial charge in [-0.05, 0) is 6.42 Å². The number of carbonyl (C=O) groups excluding carboxylic acids is 1. The molecular weight excluding hydrogens is 192 g/mol. The summed E-state index contributed by atoms with van der Waals surface area (Å²) in [6.45, 7) is 2.24. The van der Waals surface area contributed by atoms with Crippen molar-refractivity contribution in [3.63, 3.8) is 0 Å². The van der Waals surface area contributed by atoms with Crippen LogP contribution in [0.15, 0.2) is 0 Å². The summed E-state index contributed by atoms with van der Waals surface area (Å²) in [6, 6.07) is 0. The molecule has 1 unspecified atom stereocenters. The molecule has 0 aromatic heterocycles. The molecule has 0 spiro atoms. The van der Waals surface area contributed by atoms with E-state index in [-0.39, 0.29) is 0 Å². The van der Waals surface area contributed by atoms with Crippen LogP contribution in [0.1, 0.15) is 51.9 Å². The number of hydrogen-bond donors (Lipinski definition) is 0. The van der Waals surface area contributed by atoms with Gasteiger partial charge in [-0.15, -0.1) is 0 Å². The molecule has 0 radical (unpaired) electrons. The first-order valence-corrected chi connectivity index (χ1v) is 7.10. The summed E-state index contributed by atoms with van der Waals surface area (Å²) in [6.07, 6.45) is 8.56. The minimum absolute atomic E-state index is 0.398. The van der Waals surface area contributed by atoms with Gasteiger partial charge in [0.05, 0.1) is 0 Å². The molecule has 0 N–H and O–H groups in total. The zero-order valence-corrected chi connectivity index (χ0v) is 10.1. The minimum atomic E-state index is 0.398. The van der Waals surface area contributed by atoms with Crippen molar-refractivity contribution in [3.05, 3.63) is 0 Å². The van der Waals surface area contributed by atoms with Gasteiger partial charge in [0.15, 0.2) is 0 Å². The highest BCUT2D eigenvalue weighted by molar-refractivity contribution is 7.99. The van der Waals surface area contributed by atoms with Crippen molar-refractivity contribution in [2.45, 2.75) is 51.9 Å². The lowest BCUT2D eigenvalue weighted by Crippen LogP contribution is -2.22. The van der Waals surface area contributed by atoms with Crippen molar-refractivity contribution in [2.75, 3.05) is 11.5 Å². The van der Waals surface area contributed by atoms with Crippen LogP contribution < -0.4 is 0 Å². The molecule has 2 heteroatoms. The number of rotatable bonds is 6. The maximum Gasteiger partial charge on any atom is 0.137 e. The van der Waals surface area contributed by atoms with Crippen LogP contribution in [0.2, 0.25) is 0 Å². The van der Waals surface area contributed by atoms with Crippen LogP contribution in [0.3, 0.4) is 0 Å². The highest BCUT2D eigenvalue weighted by atomic mass is 32.2. The molecule has 82 valence electrons. The highest BCUT2D eigenvalue weighted by Crippen LogP contribution is 2.24. The van der Waals surface area contributed by atoms with Crippen molar-refractivity contribution in [1.29, 1.82) is 0 Å². The van der Waals surface area contributed by atoms with E-state index in [4.69, 9.17) is 0 Å².